The number of aliphatic hydroxyl groups excluding tert-OH is 1. The Bertz CT molecular complexity index is 1190. The van der Waals surface area contributed by atoms with Crippen molar-refractivity contribution < 1.29 is 53.7 Å². The molecular weight excluding hydrogens is 536 g/mol. The Kier molecular flexibility index (Phi) is 6.09. The van der Waals surface area contributed by atoms with Crippen molar-refractivity contribution in [2.75, 3.05) is 13.7 Å². The molecule has 7 rings (SSSR count). The first-order chi connectivity index (χ1) is 19.2. The van der Waals surface area contributed by atoms with Crippen LogP contribution in [0.3, 0.4) is 0 Å². The molecular formula is C30H42O11. The second-order valence-corrected chi connectivity index (χ2v) is 14.2. The number of Topliss-reactive ketones (excluding diaryl/α,β-unsaturated/α-hetero) is 1. The fourth-order valence-corrected chi connectivity index (χ4v) is 10.3. The molecule has 0 radical (unpaired) electrons. The van der Waals surface area contributed by atoms with Crippen LogP contribution >= 0.6 is 0 Å². The van der Waals surface area contributed by atoms with Gasteiger partial charge in [0.05, 0.1) is 34.9 Å². The molecule has 0 spiro atoms. The largest absolute Gasteiger partial charge is 0.458 e. The van der Waals surface area contributed by atoms with E-state index in [1.165, 1.54) is 13.2 Å². The molecule has 7 aliphatic rings. The summed E-state index contributed by atoms with van der Waals surface area (Å²) in [5, 5.41) is 48.1. The molecule has 0 aromatic rings. The van der Waals surface area contributed by atoms with Gasteiger partial charge in [0.1, 0.15) is 18.8 Å². The number of rotatable bonds is 2. The van der Waals surface area contributed by atoms with Gasteiger partial charge in [-0.1, -0.05) is 6.92 Å². The maximum Gasteiger partial charge on any atom is 0.331 e. The molecule has 3 heterocycles. The number of ketones is 1. The predicted molar refractivity (Wildman–Crippen MR) is 139 cm³/mol. The van der Waals surface area contributed by atoms with Crippen molar-refractivity contribution in [3.05, 3.63) is 11.6 Å². The molecule has 41 heavy (non-hydrogen) atoms. The molecule has 6 fully saturated rings. The van der Waals surface area contributed by atoms with E-state index < -0.39 is 88.0 Å². The summed E-state index contributed by atoms with van der Waals surface area (Å²) in [5.74, 6) is -4.43. The monoisotopic (exact) mass is 578 g/mol. The van der Waals surface area contributed by atoms with Crippen LogP contribution in [0.1, 0.15) is 65.7 Å². The first-order valence-corrected chi connectivity index (χ1v) is 15.0. The predicted octanol–water partition coefficient (Wildman–Crippen LogP) is 0.741. The van der Waals surface area contributed by atoms with E-state index in [9.17, 15) is 30.0 Å². The first kappa shape index (κ1) is 28.3. The Labute approximate surface area is 239 Å². The van der Waals surface area contributed by atoms with Gasteiger partial charge in [-0.2, -0.15) is 0 Å². The summed E-state index contributed by atoms with van der Waals surface area (Å²) in [7, 11) is 1.50. The smallest absolute Gasteiger partial charge is 0.331 e. The number of esters is 1. The van der Waals surface area contributed by atoms with Crippen LogP contribution in [0.25, 0.3) is 0 Å². The fraction of sp³-hybridized carbons (Fsp3) is 0.867. The highest BCUT2D eigenvalue weighted by Crippen LogP contribution is 2.70. The third kappa shape index (κ3) is 3.43. The molecule has 0 aromatic carbocycles. The summed E-state index contributed by atoms with van der Waals surface area (Å²) in [6.45, 7) is 5.54. The number of cyclic esters (lactones) is 1. The van der Waals surface area contributed by atoms with Crippen LogP contribution in [-0.2, 0) is 33.3 Å². The van der Waals surface area contributed by atoms with Gasteiger partial charge < -0.3 is 44.1 Å². The second-order valence-electron chi connectivity index (χ2n) is 14.2. The molecule has 4 aliphatic carbocycles. The molecule has 4 N–H and O–H groups in total. The van der Waals surface area contributed by atoms with Crippen molar-refractivity contribution in [2.24, 2.45) is 28.6 Å². The SMILES string of the molecule is CO[C@@H]1C[C@@H](C)O[C@H]2O[C@@H]3C[C@@]4(O)CC[C@@H]5[C@H]([C@H](O)C(=O)[C@]6(C)[C@@H](C7=CC(=O)OC7)CC[C@]56O)[C@@]4(C)C[C@H]3O[C@]21O. The summed E-state index contributed by atoms with van der Waals surface area (Å²) in [4.78, 5) is 26.1. The van der Waals surface area contributed by atoms with Crippen LogP contribution in [0.4, 0.5) is 0 Å². The van der Waals surface area contributed by atoms with E-state index in [2.05, 4.69) is 0 Å². The molecule has 0 aromatic heterocycles. The van der Waals surface area contributed by atoms with Gasteiger partial charge >= 0.3 is 5.97 Å². The first-order valence-electron chi connectivity index (χ1n) is 15.0. The van der Waals surface area contributed by atoms with Crippen LogP contribution in [-0.4, -0.2) is 99.7 Å². The third-order valence-corrected chi connectivity index (χ3v) is 12.6. The summed E-state index contributed by atoms with van der Waals surface area (Å²) in [5.41, 5.74) is -4.41. The number of aliphatic hydroxyl groups is 4. The normalized spacial score (nSPS) is 58.0. The maximum atomic E-state index is 14.2. The van der Waals surface area contributed by atoms with E-state index >= 15 is 0 Å². The van der Waals surface area contributed by atoms with Crippen molar-refractivity contribution in [3.8, 4) is 0 Å². The van der Waals surface area contributed by atoms with Crippen LogP contribution in [0.5, 0.6) is 0 Å². The number of ether oxygens (including phenoxy) is 5. The molecule has 0 unspecified atom stereocenters. The molecule has 11 nitrogen and oxygen atoms in total. The lowest BCUT2D eigenvalue weighted by atomic mass is 9.40. The summed E-state index contributed by atoms with van der Waals surface area (Å²) >= 11 is 0. The number of hydrogen-bond acceptors (Lipinski definition) is 11. The van der Waals surface area contributed by atoms with Gasteiger partial charge in [0.25, 0.3) is 0 Å². The van der Waals surface area contributed by atoms with Crippen LogP contribution in [0.15, 0.2) is 11.6 Å². The quantitative estimate of drug-likeness (QED) is 0.270. The van der Waals surface area contributed by atoms with Crippen LogP contribution < -0.4 is 0 Å². The average Bonchev–Trinajstić information content (AvgIpc) is 3.46. The van der Waals surface area contributed by atoms with Crippen molar-refractivity contribution in [3.63, 3.8) is 0 Å². The average molecular weight is 579 g/mol. The molecule has 4 saturated carbocycles. The lowest BCUT2D eigenvalue weighted by Crippen LogP contribution is -2.76. The van der Waals surface area contributed by atoms with Gasteiger partial charge in [-0.3, -0.25) is 4.79 Å². The van der Waals surface area contributed by atoms with Crippen molar-refractivity contribution >= 4 is 11.8 Å². The minimum atomic E-state index is -1.85. The van der Waals surface area contributed by atoms with Gasteiger partial charge in [-0.25, -0.2) is 4.79 Å². The molecule has 11 heteroatoms. The molecule has 14 atom stereocenters. The maximum absolute atomic E-state index is 14.2. The molecule has 228 valence electrons. The number of carbonyl (C=O) groups excluding carboxylic acids is 2. The minimum Gasteiger partial charge on any atom is -0.458 e. The van der Waals surface area contributed by atoms with Crippen LogP contribution in [0.2, 0.25) is 0 Å². The Hall–Kier alpha value is -1.44. The number of hydrogen-bond donors (Lipinski definition) is 4. The van der Waals surface area contributed by atoms with E-state index in [1.54, 1.807) is 6.92 Å². The minimum absolute atomic E-state index is 0.0827. The second kappa shape index (κ2) is 8.81. The Morgan fingerprint density at radius 3 is 2.46 bits per heavy atom. The highest BCUT2D eigenvalue weighted by atomic mass is 16.8. The van der Waals surface area contributed by atoms with E-state index in [1.807, 2.05) is 13.8 Å². The fourth-order valence-electron chi connectivity index (χ4n) is 10.3. The zero-order valence-corrected chi connectivity index (χ0v) is 24.1. The Morgan fingerprint density at radius 1 is 1.02 bits per heavy atom. The molecule has 2 saturated heterocycles. The highest BCUT2D eigenvalue weighted by Gasteiger charge is 2.77. The zero-order valence-electron chi connectivity index (χ0n) is 24.1. The Balaban J connectivity index is 1.24. The van der Waals surface area contributed by atoms with E-state index in [0.717, 1.165) is 0 Å². The van der Waals surface area contributed by atoms with E-state index in [-0.39, 0.29) is 25.6 Å². The van der Waals surface area contributed by atoms with Crippen molar-refractivity contribution in [1.29, 1.82) is 0 Å². The summed E-state index contributed by atoms with van der Waals surface area (Å²) < 4.78 is 29.2. The van der Waals surface area contributed by atoms with Gasteiger partial charge in [0, 0.05) is 37.4 Å². The van der Waals surface area contributed by atoms with Crippen molar-refractivity contribution in [2.45, 2.75) is 120 Å². The van der Waals surface area contributed by atoms with E-state index in [0.29, 0.717) is 37.7 Å². The molecule has 3 aliphatic heterocycles. The Morgan fingerprint density at radius 2 is 1.78 bits per heavy atom. The standard InChI is InChI=1S/C30H42O11/c1-14-9-20(37-4)30(36)25(39-14)40-18-12-28(34)7-5-17-22(26(28,2)11-19(18)41-30)23(32)24(33)27(3)16(6-8-29(17,27)35)15-10-21(31)38-13-15/h10,14,16-20,22-23,25,32,34-36H,5-9,11-13H2,1-4H3/t14-,16-,17-,18-,19-,20-,22-,23+,25+,26-,27+,28+,29+,30+/m1/s1. The zero-order chi connectivity index (χ0) is 29.3. The lowest BCUT2D eigenvalue weighted by molar-refractivity contribution is -0.464. The summed E-state index contributed by atoms with van der Waals surface area (Å²) in [6, 6.07) is 0. The van der Waals surface area contributed by atoms with Gasteiger partial charge in [-0.15, -0.1) is 0 Å². The molecule has 0 bridgehead atoms. The third-order valence-electron chi connectivity index (χ3n) is 12.6. The number of methoxy groups -OCH3 is 1. The number of carbonyl (C=O) groups is 2. The highest BCUT2D eigenvalue weighted by molar-refractivity contribution is 5.93. The molecule has 0 amide bonds. The van der Waals surface area contributed by atoms with E-state index in [4.69, 9.17) is 23.7 Å². The van der Waals surface area contributed by atoms with Gasteiger partial charge in [0.2, 0.25) is 12.1 Å². The summed E-state index contributed by atoms with van der Waals surface area (Å²) in [6.07, 6.45) is -0.899. The van der Waals surface area contributed by atoms with Gasteiger partial charge in [-0.05, 0) is 63.4 Å². The van der Waals surface area contributed by atoms with Crippen LogP contribution in [0, 0.1) is 28.6 Å². The van der Waals surface area contributed by atoms with Crippen molar-refractivity contribution in [1.82, 2.24) is 0 Å². The lowest BCUT2D eigenvalue weighted by Gasteiger charge is -2.68. The van der Waals surface area contributed by atoms with Gasteiger partial charge in [0.15, 0.2) is 5.78 Å². The number of fused-ring (bicyclic) bond motifs is 7. The topological polar surface area (TPSA) is 161 Å².